The third kappa shape index (κ3) is 2.58. The Hall–Kier alpha value is -2.44. The molecule has 0 saturated heterocycles. The topological polar surface area (TPSA) is 110 Å². The van der Waals surface area contributed by atoms with Crippen LogP contribution in [0.4, 0.5) is 11.4 Å². The van der Waals surface area contributed by atoms with E-state index in [0.717, 1.165) is 0 Å². The van der Waals surface area contributed by atoms with Gasteiger partial charge in [0, 0.05) is 17.8 Å². The summed E-state index contributed by atoms with van der Waals surface area (Å²) in [7, 11) is 0. The summed E-state index contributed by atoms with van der Waals surface area (Å²) in [5, 5.41) is 22.4. The van der Waals surface area contributed by atoms with E-state index in [9.17, 15) is 19.7 Å². The molecule has 0 aromatic heterocycles. The van der Waals surface area contributed by atoms with Crippen molar-refractivity contribution >= 4 is 23.3 Å². The Bertz CT molecular complexity index is 638. The molecule has 1 saturated carbocycles. The number of nitrogens with zero attached hydrogens (tertiary/aromatic N) is 1. The first-order chi connectivity index (χ1) is 9.66. The number of nitro groups is 1. The van der Waals surface area contributed by atoms with Crippen LogP contribution in [0.1, 0.15) is 19.4 Å². The van der Waals surface area contributed by atoms with Gasteiger partial charge in [0.1, 0.15) is 0 Å². The van der Waals surface area contributed by atoms with Gasteiger partial charge in [-0.15, -0.1) is 0 Å². The lowest BCUT2D eigenvalue weighted by Gasteiger charge is -2.08. The molecule has 1 aliphatic carbocycles. The number of carboxylic acids is 1. The van der Waals surface area contributed by atoms with Crippen LogP contribution in [0.2, 0.25) is 0 Å². The summed E-state index contributed by atoms with van der Waals surface area (Å²) in [6.07, 6.45) is 0. The van der Waals surface area contributed by atoms with Crippen molar-refractivity contribution in [1.82, 2.24) is 0 Å². The molecule has 112 valence electrons. The second-order valence-corrected chi connectivity index (χ2v) is 5.86. The summed E-state index contributed by atoms with van der Waals surface area (Å²) in [6, 6.07) is 4.12. The average Bonchev–Trinajstić information content (AvgIpc) is 2.95. The van der Waals surface area contributed by atoms with Gasteiger partial charge in [-0.2, -0.15) is 0 Å². The summed E-state index contributed by atoms with van der Waals surface area (Å²) in [6.45, 7) is 5.12. The van der Waals surface area contributed by atoms with Crippen LogP contribution < -0.4 is 5.32 Å². The van der Waals surface area contributed by atoms with Gasteiger partial charge in [0.15, 0.2) is 0 Å². The molecule has 0 bridgehead atoms. The maximum absolute atomic E-state index is 12.2. The van der Waals surface area contributed by atoms with E-state index < -0.39 is 28.1 Å². The monoisotopic (exact) mass is 292 g/mol. The fraction of sp³-hybridized carbons (Fsp3) is 0.429. The van der Waals surface area contributed by atoms with Gasteiger partial charge in [0.2, 0.25) is 5.91 Å². The highest BCUT2D eigenvalue weighted by Gasteiger charge is 2.65. The zero-order chi connectivity index (χ0) is 15.9. The molecule has 0 radical (unpaired) electrons. The Labute approximate surface area is 121 Å². The van der Waals surface area contributed by atoms with Crippen molar-refractivity contribution in [3.05, 3.63) is 33.9 Å². The van der Waals surface area contributed by atoms with E-state index in [2.05, 4.69) is 5.32 Å². The highest BCUT2D eigenvalue weighted by atomic mass is 16.6. The van der Waals surface area contributed by atoms with Gasteiger partial charge in [-0.3, -0.25) is 19.7 Å². The van der Waals surface area contributed by atoms with Crippen LogP contribution in [-0.2, 0) is 9.59 Å². The number of anilines is 1. The Kier molecular flexibility index (Phi) is 3.44. The van der Waals surface area contributed by atoms with Crippen molar-refractivity contribution in [1.29, 1.82) is 0 Å². The van der Waals surface area contributed by atoms with Gasteiger partial charge in [-0.25, -0.2) is 0 Å². The third-order valence-electron chi connectivity index (χ3n) is 4.05. The predicted octanol–water partition coefficient (Wildman–Crippen LogP) is 2.20. The first-order valence-corrected chi connectivity index (χ1v) is 6.45. The highest BCUT2D eigenvalue weighted by Crippen LogP contribution is 2.58. The summed E-state index contributed by atoms with van der Waals surface area (Å²) in [5.74, 6) is -2.65. The predicted molar refractivity (Wildman–Crippen MR) is 74.9 cm³/mol. The van der Waals surface area contributed by atoms with Crippen LogP contribution in [0.3, 0.4) is 0 Å². The summed E-state index contributed by atoms with van der Waals surface area (Å²) >= 11 is 0. The van der Waals surface area contributed by atoms with Crippen molar-refractivity contribution in [3.63, 3.8) is 0 Å². The lowest BCUT2D eigenvalue weighted by molar-refractivity contribution is -0.384. The average molecular weight is 292 g/mol. The lowest BCUT2D eigenvalue weighted by Crippen LogP contribution is -2.18. The molecule has 2 N–H and O–H groups in total. The maximum atomic E-state index is 12.2. The Morgan fingerprint density at radius 3 is 2.38 bits per heavy atom. The standard InChI is InChI=1S/C14H16N2O5/c1-7-6-8(16(20)21)4-5-9(7)15-12(17)10-11(13(18)19)14(10,2)3/h4-6,10-11H,1-3H3,(H,15,17)(H,18,19)/t10-,11+/m1/s1. The molecule has 1 aromatic rings. The van der Waals surface area contributed by atoms with Crippen molar-refractivity contribution in [2.75, 3.05) is 5.32 Å². The minimum Gasteiger partial charge on any atom is -0.481 e. The van der Waals surface area contributed by atoms with Gasteiger partial charge in [0.05, 0.1) is 16.8 Å². The number of carbonyl (C=O) groups is 2. The zero-order valence-electron chi connectivity index (χ0n) is 11.9. The number of carbonyl (C=O) groups excluding carboxylic acids is 1. The molecule has 21 heavy (non-hydrogen) atoms. The molecule has 7 nitrogen and oxygen atoms in total. The zero-order valence-corrected chi connectivity index (χ0v) is 11.9. The van der Waals surface area contributed by atoms with Crippen LogP contribution in [0, 0.1) is 34.3 Å². The quantitative estimate of drug-likeness (QED) is 0.653. The van der Waals surface area contributed by atoms with Gasteiger partial charge in [-0.05, 0) is 24.0 Å². The number of nitrogens with one attached hydrogen (secondary N) is 1. The second kappa shape index (κ2) is 4.83. The van der Waals surface area contributed by atoms with Crippen molar-refractivity contribution in [3.8, 4) is 0 Å². The summed E-state index contributed by atoms with van der Waals surface area (Å²) in [4.78, 5) is 33.4. The summed E-state index contributed by atoms with van der Waals surface area (Å²) in [5.41, 5.74) is 0.380. The number of benzene rings is 1. The molecule has 1 fully saturated rings. The van der Waals surface area contributed by atoms with Gasteiger partial charge in [0.25, 0.3) is 5.69 Å². The number of rotatable bonds is 4. The van der Waals surface area contributed by atoms with E-state index >= 15 is 0 Å². The van der Waals surface area contributed by atoms with Gasteiger partial charge >= 0.3 is 5.97 Å². The number of non-ortho nitro benzene ring substituents is 1. The van der Waals surface area contributed by atoms with E-state index in [1.807, 2.05) is 0 Å². The third-order valence-corrected chi connectivity index (χ3v) is 4.05. The largest absolute Gasteiger partial charge is 0.481 e. The number of hydrogen-bond donors (Lipinski definition) is 2. The molecular formula is C14H16N2O5. The molecule has 0 spiro atoms. The fourth-order valence-electron chi connectivity index (χ4n) is 2.70. The van der Waals surface area contributed by atoms with E-state index in [0.29, 0.717) is 11.3 Å². The fourth-order valence-corrected chi connectivity index (χ4v) is 2.70. The number of nitro benzene ring substituents is 1. The maximum Gasteiger partial charge on any atom is 0.307 e. The van der Waals surface area contributed by atoms with E-state index in [4.69, 9.17) is 5.11 Å². The Balaban J connectivity index is 2.15. The van der Waals surface area contributed by atoms with Crippen molar-refractivity contribution in [2.45, 2.75) is 20.8 Å². The van der Waals surface area contributed by atoms with E-state index in [1.165, 1.54) is 18.2 Å². The first-order valence-electron chi connectivity index (χ1n) is 6.45. The second-order valence-electron chi connectivity index (χ2n) is 5.86. The normalized spacial score (nSPS) is 22.4. The van der Waals surface area contributed by atoms with Crippen LogP contribution >= 0.6 is 0 Å². The van der Waals surface area contributed by atoms with Crippen molar-refractivity contribution in [2.24, 2.45) is 17.3 Å². The van der Waals surface area contributed by atoms with Gasteiger partial charge < -0.3 is 10.4 Å². The highest BCUT2D eigenvalue weighted by molar-refractivity contribution is 6.00. The smallest absolute Gasteiger partial charge is 0.307 e. The molecule has 1 amide bonds. The number of aliphatic carboxylic acids is 1. The minimum atomic E-state index is -0.986. The number of aryl methyl sites for hydroxylation is 1. The molecule has 1 aliphatic rings. The minimum absolute atomic E-state index is 0.0549. The number of amides is 1. The lowest BCUT2D eigenvalue weighted by atomic mass is 10.1. The van der Waals surface area contributed by atoms with Gasteiger partial charge in [-0.1, -0.05) is 13.8 Å². The molecule has 0 aliphatic heterocycles. The molecule has 0 heterocycles. The molecule has 1 aromatic carbocycles. The van der Waals surface area contributed by atoms with Crippen LogP contribution in [0.5, 0.6) is 0 Å². The van der Waals surface area contributed by atoms with Crippen molar-refractivity contribution < 1.29 is 19.6 Å². The SMILES string of the molecule is Cc1cc([N+](=O)[O-])ccc1NC(=O)[C@H]1[C@@H](C(=O)O)C1(C)C. The van der Waals surface area contributed by atoms with E-state index in [1.54, 1.807) is 20.8 Å². The Morgan fingerprint density at radius 1 is 1.33 bits per heavy atom. The van der Waals surface area contributed by atoms with Crippen LogP contribution in [0.15, 0.2) is 18.2 Å². The Morgan fingerprint density at radius 2 is 1.95 bits per heavy atom. The molecule has 0 unspecified atom stereocenters. The molecule has 7 heteroatoms. The molecular weight excluding hydrogens is 276 g/mol. The summed E-state index contributed by atoms with van der Waals surface area (Å²) < 4.78 is 0. The number of carboxylic acid groups (broad SMARTS) is 1. The first kappa shape index (κ1) is 15.0. The molecule has 2 rings (SSSR count). The van der Waals surface area contributed by atoms with E-state index in [-0.39, 0.29) is 11.6 Å². The van der Waals surface area contributed by atoms with Crippen LogP contribution in [0.25, 0.3) is 0 Å². The van der Waals surface area contributed by atoms with Crippen LogP contribution in [-0.4, -0.2) is 21.9 Å². The number of hydrogen-bond acceptors (Lipinski definition) is 4. The molecule has 2 atom stereocenters.